The molecule has 0 bridgehead atoms. The summed E-state index contributed by atoms with van der Waals surface area (Å²) in [6.45, 7) is 1.26. The average Bonchev–Trinajstić information content (AvgIpc) is 2.93. The van der Waals surface area contributed by atoms with E-state index in [2.05, 4.69) is 26.5 Å². The van der Waals surface area contributed by atoms with E-state index in [-0.39, 0.29) is 0 Å². The summed E-state index contributed by atoms with van der Waals surface area (Å²) in [6.07, 6.45) is 2.06. The molecule has 7 heteroatoms. The molecule has 20 heavy (non-hydrogen) atoms. The summed E-state index contributed by atoms with van der Waals surface area (Å²) in [5.41, 5.74) is 9.09. The van der Waals surface area contributed by atoms with Gasteiger partial charge < -0.3 is 10.5 Å². The maximum Gasteiger partial charge on any atom is 0.173 e. The number of anilines is 1. The number of H-pyrrole nitrogens is 1. The van der Waals surface area contributed by atoms with Crippen LogP contribution in [0.3, 0.4) is 0 Å². The minimum absolute atomic E-state index is 0.379. The summed E-state index contributed by atoms with van der Waals surface area (Å²) in [4.78, 5) is 5.27. The Bertz CT molecular complexity index is 664. The van der Waals surface area contributed by atoms with E-state index in [1.165, 1.54) is 0 Å². The zero-order valence-corrected chi connectivity index (χ0v) is 11.4. The third-order valence-corrected chi connectivity index (χ3v) is 3.61. The van der Waals surface area contributed by atoms with Crippen LogP contribution in [0.1, 0.15) is 0 Å². The molecule has 6 nitrogen and oxygen atoms in total. The second-order valence-electron chi connectivity index (χ2n) is 4.13. The van der Waals surface area contributed by atoms with E-state index >= 15 is 0 Å². The van der Waals surface area contributed by atoms with Crippen molar-refractivity contribution in [2.45, 2.75) is 0 Å². The Labute approximate surface area is 120 Å². The molecule has 0 atom stereocenters. The van der Waals surface area contributed by atoms with Crippen LogP contribution >= 0.6 is 11.8 Å². The first-order valence-electron chi connectivity index (χ1n) is 6.06. The first-order chi connectivity index (χ1) is 9.83. The van der Waals surface area contributed by atoms with Gasteiger partial charge in [-0.15, -0.1) is 5.10 Å². The van der Waals surface area contributed by atoms with Gasteiger partial charge in [-0.05, 0) is 18.2 Å². The number of nitrogens with zero attached hydrogens (tertiary/aromatic N) is 3. The molecule has 3 rings (SSSR count). The minimum Gasteiger partial charge on any atom is -0.488 e. The lowest BCUT2D eigenvalue weighted by Crippen LogP contribution is -2.01. The smallest absolute Gasteiger partial charge is 0.173 e. The van der Waals surface area contributed by atoms with Crippen LogP contribution in [0.4, 0.5) is 5.82 Å². The van der Waals surface area contributed by atoms with E-state index in [9.17, 15) is 0 Å². The van der Waals surface area contributed by atoms with Gasteiger partial charge in [-0.1, -0.05) is 23.9 Å². The molecule has 1 aliphatic heterocycles. The molecule has 0 aliphatic carbocycles. The lowest BCUT2D eigenvalue weighted by atomic mass is 10.1. The molecule has 1 aliphatic rings. The number of nitrogens with one attached hydrogen (secondary N) is 1. The molecular formula is C13H13N5OS. The molecule has 0 amide bonds. The molecule has 0 spiro atoms. The summed E-state index contributed by atoms with van der Waals surface area (Å²) < 4.78 is 5.77. The SMILES string of the molecule is Nc1n[nH]nc1-c1cccc(OCC2=CCN=CS2)c1. The third-order valence-electron chi connectivity index (χ3n) is 2.77. The second-order valence-corrected chi connectivity index (χ2v) is 5.10. The van der Waals surface area contributed by atoms with E-state index in [4.69, 9.17) is 10.5 Å². The average molecular weight is 287 g/mol. The van der Waals surface area contributed by atoms with Crippen molar-refractivity contribution in [1.29, 1.82) is 0 Å². The van der Waals surface area contributed by atoms with Crippen LogP contribution in [0, 0.1) is 0 Å². The molecule has 0 fully saturated rings. The van der Waals surface area contributed by atoms with Gasteiger partial charge in [-0.3, -0.25) is 4.99 Å². The van der Waals surface area contributed by atoms with Gasteiger partial charge >= 0.3 is 0 Å². The van der Waals surface area contributed by atoms with E-state index in [0.717, 1.165) is 22.8 Å². The van der Waals surface area contributed by atoms with Gasteiger partial charge in [0.25, 0.3) is 0 Å². The van der Waals surface area contributed by atoms with Crippen LogP contribution in [0.2, 0.25) is 0 Å². The normalized spacial score (nSPS) is 14.1. The highest BCUT2D eigenvalue weighted by Gasteiger charge is 2.08. The number of hydrogen-bond donors (Lipinski definition) is 2. The lowest BCUT2D eigenvalue weighted by Gasteiger charge is -2.10. The second kappa shape index (κ2) is 5.79. The number of nitrogens with two attached hydrogens (primary N) is 1. The quantitative estimate of drug-likeness (QED) is 0.898. The van der Waals surface area contributed by atoms with E-state index < -0.39 is 0 Å². The van der Waals surface area contributed by atoms with Crippen LogP contribution in [-0.2, 0) is 0 Å². The van der Waals surface area contributed by atoms with Gasteiger partial charge in [-0.2, -0.15) is 10.3 Å². The molecule has 1 aromatic heterocycles. The molecule has 0 saturated carbocycles. The predicted octanol–water partition coefficient (Wildman–Crippen LogP) is 2.09. The Morgan fingerprint density at radius 2 is 2.30 bits per heavy atom. The highest BCUT2D eigenvalue weighted by Crippen LogP contribution is 2.26. The van der Waals surface area contributed by atoms with Crippen molar-refractivity contribution >= 4 is 23.1 Å². The highest BCUT2D eigenvalue weighted by atomic mass is 32.2. The van der Waals surface area contributed by atoms with Crippen molar-refractivity contribution in [2.75, 3.05) is 18.9 Å². The first-order valence-corrected chi connectivity index (χ1v) is 6.94. The molecule has 0 radical (unpaired) electrons. The fraction of sp³-hybridized carbons (Fsp3) is 0.154. The zero-order chi connectivity index (χ0) is 13.8. The summed E-state index contributed by atoms with van der Waals surface area (Å²) in [5.74, 6) is 1.15. The molecule has 2 heterocycles. The van der Waals surface area contributed by atoms with E-state index in [1.54, 1.807) is 11.8 Å². The summed E-state index contributed by atoms with van der Waals surface area (Å²) in [6, 6.07) is 7.63. The number of aromatic amines is 1. The van der Waals surface area contributed by atoms with E-state index in [1.807, 2.05) is 29.8 Å². The van der Waals surface area contributed by atoms with Crippen LogP contribution in [0.5, 0.6) is 5.75 Å². The predicted molar refractivity (Wildman–Crippen MR) is 80.8 cm³/mol. The summed E-state index contributed by atoms with van der Waals surface area (Å²) in [7, 11) is 0. The standard InChI is InChI=1S/C13H13N5OS/c14-13-12(16-18-17-13)9-2-1-3-10(6-9)19-7-11-4-5-15-8-20-11/h1-4,6,8H,5,7H2,(H3,14,16,17,18). The summed E-state index contributed by atoms with van der Waals surface area (Å²) in [5, 5.41) is 10.4. The topological polar surface area (TPSA) is 89.2 Å². The van der Waals surface area contributed by atoms with Gasteiger partial charge in [0.15, 0.2) is 5.82 Å². The zero-order valence-electron chi connectivity index (χ0n) is 10.6. The molecule has 0 saturated heterocycles. The van der Waals surface area contributed by atoms with Gasteiger partial charge in [0.05, 0.1) is 12.1 Å². The number of nitrogen functional groups attached to an aromatic ring is 1. The molecule has 0 unspecified atom stereocenters. The fourth-order valence-electron chi connectivity index (χ4n) is 1.78. The third kappa shape index (κ3) is 2.83. The number of rotatable bonds is 4. The molecule has 102 valence electrons. The van der Waals surface area contributed by atoms with Crippen molar-refractivity contribution in [1.82, 2.24) is 15.4 Å². The Morgan fingerprint density at radius 1 is 1.35 bits per heavy atom. The number of hydrogen-bond acceptors (Lipinski definition) is 6. The number of ether oxygens (including phenoxy) is 1. The van der Waals surface area contributed by atoms with Crippen LogP contribution < -0.4 is 10.5 Å². The Morgan fingerprint density at radius 3 is 3.05 bits per heavy atom. The molecule has 3 N–H and O–H groups in total. The Balaban J connectivity index is 1.72. The van der Waals surface area contributed by atoms with Crippen molar-refractivity contribution in [3.63, 3.8) is 0 Å². The lowest BCUT2D eigenvalue weighted by molar-refractivity contribution is 0.360. The van der Waals surface area contributed by atoms with Crippen LogP contribution in [0.15, 0.2) is 40.2 Å². The monoisotopic (exact) mass is 287 g/mol. The fourth-order valence-corrected chi connectivity index (χ4v) is 2.38. The Hall–Kier alpha value is -2.28. The van der Waals surface area contributed by atoms with Gasteiger partial charge in [-0.25, -0.2) is 0 Å². The van der Waals surface area contributed by atoms with E-state index in [0.29, 0.717) is 18.1 Å². The number of aliphatic imine (C=N–C) groups is 1. The van der Waals surface area contributed by atoms with Crippen molar-refractivity contribution in [2.24, 2.45) is 4.99 Å². The van der Waals surface area contributed by atoms with Gasteiger partial charge in [0.2, 0.25) is 0 Å². The van der Waals surface area contributed by atoms with Gasteiger partial charge in [0, 0.05) is 10.5 Å². The highest BCUT2D eigenvalue weighted by molar-refractivity contribution is 8.15. The van der Waals surface area contributed by atoms with Crippen molar-refractivity contribution in [3.8, 4) is 17.0 Å². The first kappa shape index (κ1) is 12.7. The van der Waals surface area contributed by atoms with Crippen molar-refractivity contribution in [3.05, 3.63) is 35.2 Å². The number of benzene rings is 1. The maximum absolute atomic E-state index is 5.77. The van der Waals surface area contributed by atoms with Crippen molar-refractivity contribution < 1.29 is 4.74 Å². The van der Waals surface area contributed by atoms with Crippen LogP contribution in [-0.4, -0.2) is 34.1 Å². The van der Waals surface area contributed by atoms with Gasteiger partial charge in [0.1, 0.15) is 18.1 Å². The molecule has 2 aromatic rings. The maximum atomic E-state index is 5.77. The molecule has 1 aromatic carbocycles. The largest absolute Gasteiger partial charge is 0.488 e. The minimum atomic E-state index is 0.379. The van der Waals surface area contributed by atoms with Crippen LogP contribution in [0.25, 0.3) is 11.3 Å². The number of thioether (sulfide) groups is 1. The Kier molecular flexibility index (Phi) is 3.69. The number of aromatic nitrogens is 3. The summed E-state index contributed by atoms with van der Waals surface area (Å²) >= 11 is 1.58. The molecular weight excluding hydrogens is 274 g/mol.